The van der Waals surface area contributed by atoms with Gasteiger partial charge in [0.2, 0.25) is 0 Å². The number of furan rings is 1. The predicted octanol–water partition coefficient (Wildman–Crippen LogP) is 7.08. The van der Waals surface area contributed by atoms with Crippen molar-refractivity contribution in [3.05, 3.63) is 99.7 Å². The lowest BCUT2D eigenvalue weighted by molar-refractivity contribution is 0.415. The molecule has 2 aromatic heterocycles. The van der Waals surface area contributed by atoms with E-state index in [1.807, 2.05) is 35.2 Å². The number of rotatable bonds is 5. The molecule has 0 aliphatic carbocycles. The second-order valence-electron chi connectivity index (χ2n) is 7.64. The fourth-order valence-electron chi connectivity index (χ4n) is 4.07. The standard InChI is InChI=1S/C25H18BrClFN3O2S/c1-32-21-8-6-15(13-17(21)27)31-24(23(30-25(31)34)19-4-2-3-11-29-19)22-10-9-20(33-22)16-7-5-14(26)12-18(16)28/h2-13,23-24H,1H3,(H,30,34). The minimum atomic E-state index is -0.390. The Hall–Kier alpha value is -2.94. The Morgan fingerprint density at radius 3 is 2.71 bits per heavy atom. The van der Waals surface area contributed by atoms with Gasteiger partial charge in [0, 0.05) is 16.4 Å². The average Bonchev–Trinajstić information content (AvgIpc) is 3.44. The fraction of sp³-hybridized carbons (Fsp3) is 0.120. The maximum absolute atomic E-state index is 14.6. The smallest absolute Gasteiger partial charge is 0.174 e. The molecule has 0 amide bonds. The molecule has 1 aliphatic heterocycles. The molecule has 1 aliphatic rings. The van der Waals surface area contributed by atoms with Crippen molar-refractivity contribution < 1.29 is 13.5 Å². The number of benzene rings is 2. The lowest BCUT2D eigenvalue weighted by atomic mass is 10.0. The van der Waals surface area contributed by atoms with Crippen LogP contribution in [0.4, 0.5) is 10.1 Å². The highest BCUT2D eigenvalue weighted by Gasteiger charge is 2.42. The first kappa shape index (κ1) is 22.8. The summed E-state index contributed by atoms with van der Waals surface area (Å²) >= 11 is 15.4. The number of aromatic nitrogens is 1. The minimum absolute atomic E-state index is 0.302. The average molecular weight is 559 g/mol. The van der Waals surface area contributed by atoms with Gasteiger partial charge in [0.15, 0.2) is 5.11 Å². The number of nitrogens with zero attached hydrogens (tertiary/aromatic N) is 2. The van der Waals surface area contributed by atoms with Crippen LogP contribution in [0.2, 0.25) is 5.02 Å². The van der Waals surface area contributed by atoms with E-state index in [1.165, 1.54) is 6.07 Å². The first-order valence-corrected chi connectivity index (χ1v) is 11.9. The van der Waals surface area contributed by atoms with Gasteiger partial charge in [-0.1, -0.05) is 33.6 Å². The first-order chi connectivity index (χ1) is 16.5. The van der Waals surface area contributed by atoms with Gasteiger partial charge in [-0.05, 0) is 72.9 Å². The monoisotopic (exact) mass is 557 g/mol. The van der Waals surface area contributed by atoms with Crippen LogP contribution < -0.4 is 15.0 Å². The summed E-state index contributed by atoms with van der Waals surface area (Å²) in [5.41, 5.74) is 1.93. The molecule has 0 spiro atoms. The van der Waals surface area contributed by atoms with Gasteiger partial charge in [-0.25, -0.2) is 4.39 Å². The maximum atomic E-state index is 14.6. The number of hydrogen-bond acceptors (Lipinski definition) is 4. The van der Waals surface area contributed by atoms with Crippen LogP contribution in [0.3, 0.4) is 0 Å². The van der Waals surface area contributed by atoms with Gasteiger partial charge in [0.05, 0.1) is 29.4 Å². The molecular formula is C25H18BrClFN3O2S. The Morgan fingerprint density at radius 2 is 2.00 bits per heavy atom. The third-order valence-electron chi connectivity index (χ3n) is 5.63. The quantitative estimate of drug-likeness (QED) is 0.264. The number of halogens is 3. The zero-order valence-electron chi connectivity index (χ0n) is 17.8. The van der Waals surface area contributed by atoms with Gasteiger partial charge in [0.1, 0.15) is 29.1 Å². The van der Waals surface area contributed by atoms with Gasteiger partial charge in [-0.2, -0.15) is 0 Å². The zero-order chi connectivity index (χ0) is 23.8. The number of thiocarbonyl (C=S) groups is 1. The summed E-state index contributed by atoms with van der Waals surface area (Å²) in [4.78, 5) is 6.46. The van der Waals surface area contributed by atoms with Crippen LogP contribution in [0.5, 0.6) is 5.75 Å². The summed E-state index contributed by atoms with van der Waals surface area (Å²) in [5.74, 6) is 1.21. The van der Waals surface area contributed by atoms with Crippen molar-refractivity contribution >= 4 is 50.5 Å². The van der Waals surface area contributed by atoms with E-state index < -0.39 is 0 Å². The van der Waals surface area contributed by atoms with E-state index in [0.29, 0.717) is 37.4 Å². The van der Waals surface area contributed by atoms with Gasteiger partial charge in [0.25, 0.3) is 0 Å². The number of pyridine rings is 1. The highest BCUT2D eigenvalue weighted by atomic mass is 79.9. The van der Waals surface area contributed by atoms with Crippen molar-refractivity contribution in [1.82, 2.24) is 10.3 Å². The molecule has 2 atom stereocenters. The van der Waals surface area contributed by atoms with Crippen molar-refractivity contribution in [3.8, 4) is 17.1 Å². The van der Waals surface area contributed by atoms with E-state index in [0.717, 1.165) is 11.4 Å². The summed E-state index contributed by atoms with van der Waals surface area (Å²) in [6.45, 7) is 0. The Labute approximate surface area is 214 Å². The predicted molar refractivity (Wildman–Crippen MR) is 138 cm³/mol. The van der Waals surface area contributed by atoms with E-state index in [2.05, 4.69) is 26.2 Å². The Bertz CT molecular complexity index is 1370. The second kappa shape index (κ2) is 9.37. The summed E-state index contributed by atoms with van der Waals surface area (Å²) in [6.07, 6.45) is 1.73. The Kier molecular flexibility index (Phi) is 6.29. The fourth-order valence-corrected chi connectivity index (χ4v) is 5.00. The molecule has 9 heteroatoms. The molecule has 34 heavy (non-hydrogen) atoms. The molecule has 0 bridgehead atoms. The zero-order valence-corrected chi connectivity index (χ0v) is 21.0. The molecule has 1 saturated heterocycles. The number of hydrogen-bond donors (Lipinski definition) is 1. The van der Waals surface area contributed by atoms with Gasteiger partial charge < -0.3 is 19.4 Å². The van der Waals surface area contributed by atoms with Crippen molar-refractivity contribution in [2.75, 3.05) is 12.0 Å². The highest BCUT2D eigenvalue weighted by Crippen LogP contribution is 2.44. The summed E-state index contributed by atoms with van der Waals surface area (Å²) in [7, 11) is 1.56. The SMILES string of the molecule is COc1ccc(N2C(=S)NC(c3ccccn3)C2c2ccc(-c3ccc(Br)cc3F)o2)cc1Cl. The van der Waals surface area contributed by atoms with Crippen molar-refractivity contribution in [2.24, 2.45) is 0 Å². The number of ether oxygens (including phenoxy) is 1. The normalized spacial score (nSPS) is 17.6. The van der Waals surface area contributed by atoms with Crippen LogP contribution in [-0.4, -0.2) is 17.2 Å². The van der Waals surface area contributed by atoms with Gasteiger partial charge in [-0.15, -0.1) is 0 Å². The van der Waals surface area contributed by atoms with E-state index in [4.69, 9.17) is 33.0 Å². The topological polar surface area (TPSA) is 50.5 Å². The van der Waals surface area contributed by atoms with Crippen LogP contribution in [0.15, 0.2) is 81.8 Å². The molecule has 172 valence electrons. The van der Waals surface area contributed by atoms with Crippen LogP contribution in [0, 0.1) is 5.82 Å². The van der Waals surface area contributed by atoms with E-state index in [-0.39, 0.29) is 17.9 Å². The van der Waals surface area contributed by atoms with Gasteiger partial charge >= 0.3 is 0 Å². The maximum Gasteiger partial charge on any atom is 0.174 e. The number of nitrogens with one attached hydrogen (secondary N) is 1. The molecule has 3 heterocycles. The third kappa shape index (κ3) is 4.17. The molecule has 0 saturated carbocycles. The molecule has 1 N–H and O–H groups in total. The molecule has 2 unspecified atom stereocenters. The number of anilines is 1. The van der Waals surface area contributed by atoms with Crippen LogP contribution in [0.25, 0.3) is 11.3 Å². The molecule has 0 radical (unpaired) electrons. The Morgan fingerprint density at radius 1 is 1.15 bits per heavy atom. The van der Waals surface area contributed by atoms with Crippen molar-refractivity contribution in [1.29, 1.82) is 0 Å². The summed E-state index contributed by atoms with van der Waals surface area (Å²) in [5, 5.41) is 4.32. The Balaban J connectivity index is 1.61. The second-order valence-corrected chi connectivity index (χ2v) is 9.35. The minimum Gasteiger partial charge on any atom is -0.495 e. The number of methoxy groups -OCH3 is 1. The molecule has 5 nitrogen and oxygen atoms in total. The molecule has 5 rings (SSSR count). The summed E-state index contributed by atoms with van der Waals surface area (Å²) in [6, 6.07) is 18.9. The lowest BCUT2D eigenvalue weighted by Gasteiger charge is -2.26. The van der Waals surface area contributed by atoms with E-state index in [9.17, 15) is 4.39 Å². The van der Waals surface area contributed by atoms with Crippen LogP contribution >= 0.6 is 39.7 Å². The van der Waals surface area contributed by atoms with Crippen LogP contribution in [-0.2, 0) is 0 Å². The highest BCUT2D eigenvalue weighted by molar-refractivity contribution is 9.10. The molecule has 2 aromatic carbocycles. The summed E-state index contributed by atoms with van der Waals surface area (Å²) < 4.78 is 26.8. The van der Waals surface area contributed by atoms with Crippen molar-refractivity contribution in [2.45, 2.75) is 12.1 Å². The first-order valence-electron chi connectivity index (χ1n) is 10.4. The van der Waals surface area contributed by atoms with Crippen LogP contribution in [0.1, 0.15) is 23.5 Å². The molecular weight excluding hydrogens is 541 g/mol. The molecule has 4 aromatic rings. The van der Waals surface area contributed by atoms with E-state index >= 15 is 0 Å². The van der Waals surface area contributed by atoms with Crippen molar-refractivity contribution in [3.63, 3.8) is 0 Å². The van der Waals surface area contributed by atoms with Gasteiger partial charge in [-0.3, -0.25) is 4.98 Å². The largest absolute Gasteiger partial charge is 0.495 e. The molecule has 1 fully saturated rings. The third-order valence-corrected chi connectivity index (χ3v) is 6.73. The van der Waals surface area contributed by atoms with E-state index in [1.54, 1.807) is 43.6 Å². The lowest BCUT2D eigenvalue weighted by Crippen LogP contribution is -2.29.